The van der Waals surface area contributed by atoms with E-state index in [1.54, 1.807) is 6.92 Å². The lowest BCUT2D eigenvalue weighted by molar-refractivity contribution is -0.532. The third-order valence-electron chi connectivity index (χ3n) is 3.34. The standard InChI is InChI=1S/C16H21N2O/c1-11-8-9-12(2)16(10-11)18(13(3)19)15-7-5-4-6-14(15)17/h4-10,12-13,19H,17H2,1-3H3/q+1. The van der Waals surface area contributed by atoms with Crippen molar-refractivity contribution in [1.29, 1.82) is 0 Å². The number of aliphatic hydroxyl groups excluding tert-OH is 1. The highest BCUT2D eigenvalue weighted by Gasteiger charge is 2.27. The van der Waals surface area contributed by atoms with Gasteiger partial charge in [-0.15, -0.1) is 0 Å². The van der Waals surface area contributed by atoms with E-state index in [1.807, 2.05) is 28.8 Å². The maximum atomic E-state index is 10.1. The van der Waals surface area contributed by atoms with Gasteiger partial charge in [0.15, 0.2) is 5.71 Å². The minimum Gasteiger partial charge on any atom is -0.393 e. The van der Waals surface area contributed by atoms with Crippen LogP contribution >= 0.6 is 0 Å². The highest BCUT2D eigenvalue weighted by molar-refractivity contribution is 5.97. The van der Waals surface area contributed by atoms with Crippen LogP contribution in [0.3, 0.4) is 0 Å². The zero-order valence-corrected chi connectivity index (χ0v) is 11.7. The first-order chi connectivity index (χ1) is 9.00. The van der Waals surface area contributed by atoms with Gasteiger partial charge in [-0.1, -0.05) is 24.3 Å². The number of para-hydroxylation sites is 2. The second-order valence-electron chi connectivity index (χ2n) is 5.02. The predicted octanol–water partition coefficient (Wildman–Crippen LogP) is 2.84. The Kier molecular flexibility index (Phi) is 3.86. The fourth-order valence-corrected chi connectivity index (χ4v) is 2.36. The van der Waals surface area contributed by atoms with E-state index in [0.29, 0.717) is 5.69 Å². The molecular formula is C16H21N2O+. The summed E-state index contributed by atoms with van der Waals surface area (Å²) in [5.41, 5.74) is 9.79. The van der Waals surface area contributed by atoms with Gasteiger partial charge in [0.05, 0.1) is 5.92 Å². The molecule has 1 aromatic carbocycles. The van der Waals surface area contributed by atoms with E-state index in [1.165, 1.54) is 5.57 Å². The molecule has 3 heteroatoms. The number of nitrogen functional groups attached to an aromatic ring is 1. The zero-order valence-electron chi connectivity index (χ0n) is 11.7. The van der Waals surface area contributed by atoms with E-state index in [9.17, 15) is 5.11 Å². The van der Waals surface area contributed by atoms with Gasteiger partial charge in [0, 0.05) is 19.1 Å². The fraction of sp³-hybridized carbons (Fsp3) is 0.312. The molecule has 2 rings (SSSR count). The summed E-state index contributed by atoms with van der Waals surface area (Å²) in [5.74, 6) is 0.248. The smallest absolute Gasteiger partial charge is 0.258 e. The summed E-state index contributed by atoms with van der Waals surface area (Å²) >= 11 is 0. The Morgan fingerprint density at radius 1 is 1.32 bits per heavy atom. The molecule has 2 atom stereocenters. The topological polar surface area (TPSA) is 49.3 Å². The number of nitrogens with two attached hydrogens (primary N) is 1. The van der Waals surface area contributed by atoms with E-state index in [2.05, 4.69) is 32.1 Å². The van der Waals surface area contributed by atoms with E-state index in [4.69, 9.17) is 5.73 Å². The third kappa shape index (κ3) is 2.76. The lowest BCUT2D eigenvalue weighted by Gasteiger charge is -2.16. The van der Waals surface area contributed by atoms with Gasteiger partial charge in [0.2, 0.25) is 5.69 Å². The molecule has 0 bridgehead atoms. The molecule has 1 aromatic rings. The van der Waals surface area contributed by atoms with E-state index in [-0.39, 0.29) is 5.92 Å². The molecule has 3 N–H and O–H groups in total. The normalized spacial score (nSPS) is 22.9. The van der Waals surface area contributed by atoms with E-state index >= 15 is 0 Å². The van der Waals surface area contributed by atoms with Gasteiger partial charge >= 0.3 is 0 Å². The van der Waals surface area contributed by atoms with E-state index < -0.39 is 6.23 Å². The Hall–Kier alpha value is -1.87. The molecule has 0 radical (unpaired) electrons. The minimum absolute atomic E-state index is 0.248. The van der Waals surface area contributed by atoms with Crippen LogP contribution in [-0.2, 0) is 0 Å². The van der Waals surface area contributed by atoms with Crippen molar-refractivity contribution >= 4 is 17.1 Å². The molecule has 0 fully saturated rings. The SMILES string of the molecule is CC1=CC(=[N+](c2ccccc2N)C(C)O)C(C)C=C1. The van der Waals surface area contributed by atoms with Gasteiger partial charge < -0.3 is 10.8 Å². The molecule has 19 heavy (non-hydrogen) atoms. The van der Waals surface area contributed by atoms with Crippen molar-refractivity contribution in [3.8, 4) is 0 Å². The minimum atomic E-state index is -0.627. The summed E-state index contributed by atoms with van der Waals surface area (Å²) in [7, 11) is 0. The summed E-state index contributed by atoms with van der Waals surface area (Å²) in [5, 5.41) is 10.1. The Morgan fingerprint density at radius 2 is 2.00 bits per heavy atom. The predicted molar refractivity (Wildman–Crippen MR) is 79.5 cm³/mol. The third-order valence-corrected chi connectivity index (χ3v) is 3.34. The average Bonchev–Trinajstić information content (AvgIpc) is 2.36. The average molecular weight is 257 g/mol. The summed E-state index contributed by atoms with van der Waals surface area (Å²) in [6, 6.07) is 7.62. The largest absolute Gasteiger partial charge is 0.393 e. The molecule has 100 valence electrons. The van der Waals surface area contributed by atoms with Crippen molar-refractivity contribution < 1.29 is 9.68 Å². The molecule has 3 nitrogen and oxygen atoms in total. The first-order valence-electron chi connectivity index (χ1n) is 6.56. The molecule has 2 unspecified atom stereocenters. The Morgan fingerprint density at radius 3 is 2.63 bits per heavy atom. The first kappa shape index (κ1) is 13.6. The number of anilines is 1. The van der Waals surface area contributed by atoms with Crippen LogP contribution in [0.2, 0.25) is 0 Å². The van der Waals surface area contributed by atoms with Gasteiger partial charge in [-0.05, 0) is 25.5 Å². The van der Waals surface area contributed by atoms with Crippen molar-refractivity contribution in [3.63, 3.8) is 0 Å². The Balaban J connectivity index is 2.65. The van der Waals surface area contributed by atoms with Gasteiger partial charge in [-0.25, -0.2) is 0 Å². The van der Waals surface area contributed by atoms with Crippen LogP contribution in [-0.4, -0.2) is 21.6 Å². The number of rotatable bonds is 2. The Labute approximate surface area is 114 Å². The number of benzene rings is 1. The van der Waals surface area contributed by atoms with Crippen molar-refractivity contribution in [3.05, 3.63) is 48.1 Å². The number of hydrogen-bond acceptors (Lipinski definition) is 2. The molecule has 1 aliphatic carbocycles. The second-order valence-corrected chi connectivity index (χ2v) is 5.02. The van der Waals surface area contributed by atoms with Crippen LogP contribution in [0.5, 0.6) is 0 Å². The number of hydrogen-bond donors (Lipinski definition) is 2. The van der Waals surface area contributed by atoms with Crippen LogP contribution in [0.4, 0.5) is 11.4 Å². The molecule has 0 aromatic heterocycles. The van der Waals surface area contributed by atoms with Gasteiger partial charge in [0.1, 0.15) is 5.69 Å². The summed E-state index contributed by atoms with van der Waals surface area (Å²) in [6.45, 7) is 5.92. The molecule has 0 aliphatic heterocycles. The van der Waals surface area contributed by atoms with E-state index in [0.717, 1.165) is 11.4 Å². The summed E-state index contributed by atoms with van der Waals surface area (Å²) < 4.78 is 1.90. The van der Waals surface area contributed by atoms with Crippen LogP contribution in [0.1, 0.15) is 20.8 Å². The maximum Gasteiger partial charge on any atom is 0.258 e. The fourth-order valence-electron chi connectivity index (χ4n) is 2.36. The highest BCUT2D eigenvalue weighted by atomic mass is 16.3. The van der Waals surface area contributed by atoms with Crippen molar-refractivity contribution in [2.24, 2.45) is 5.92 Å². The second kappa shape index (κ2) is 5.41. The van der Waals surface area contributed by atoms with Crippen LogP contribution in [0, 0.1) is 5.92 Å². The lowest BCUT2D eigenvalue weighted by atomic mass is 9.96. The number of nitrogens with zero attached hydrogens (tertiary/aromatic N) is 1. The molecule has 0 saturated carbocycles. The van der Waals surface area contributed by atoms with Crippen LogP contribution < -0.4 is 5.73 Å². The summed E-state index contributed by atoms with van der Waals surface area (Å²) in [4.78, 5) is 0. The molecule has 0 saturated heterocycles. The highest BCUT2D eigenvalue weighted by Crippen LogP contribution is 2.25. The molecule has 0 amide bonds. The maximum absolute atomic E-state index is 10.1. The van der Waals surface area contributed by atoms with Crippen molar-refractivity contribution in [2.75, 3.05) is 5.73 Å². The quantitative estimate of drug-likeness (QED) is 0.486. The van der Waals surface area contributed by atoms with Crippen LogP contribution in [0.25, 0.3) is 0 Å². The van der Waals surface area contributed by atoms with Crippen LogP contribution in [0.15, 0.2) is 48.1 Å². The van der Waals surface area contributed by atoms with Gasteiger partial charge in [0.25, 0.3) is 6.23 Å². The van der Waals surface area contributed by atoms with Gasteiger partial charge in [-0.2, -0.15) is 4.58 Å². The zero-order chi connectivity index (χ0) is 14.0. The monoisotopic (exact) mass is 257 g/mol. The first-order valence-corrected chi connectivity index (χ1v) is 6.56. The van der Waals surface area contributed by atoms with Crippen molar-refractivity contribution in [2.45, 2.75) is 27.0 Å². The molecule has 0 spiro atoms. The van der Waals surface area contributed by atoms with Gasteiger partial charge in [-0.3, -0.25) is 0 Å². The molecular weight excluding hydrogens is 236 g/mol. The number of allylic oxidation sites excluding steroid dienone is 4. The lowest BCUT2D eigenvalue weighted by Crippen LogP contribution is -2.29. The number of aliphatic hydroxyl groups is 1. The molecule has 1 aliphatic rings. The Bertz CT molecular complexity index is 568. The summed E-state index contributed by atoms with van der Waals surface area (Å²) in [6.07, 6.45) is 5.71. The van der Waals surface area contributed by atoms with Crippen molar-refractivity contribution in [1.82, 2.24) is 0 Å². The molecule has 0 heterocycles.